The van der Waals surface area contributed by atoms with Gasteiger partial charge in [0.15, 0.2) is 5.69 Å². The van der Waals surface area contributed by atoms with Crippen molar-refractivity contribution in [2.24, 2.45) is 0 Å². The Balaban J connectivity index is 2.42. The second kappa shape index (κ2) is 8.53. The van der Waals surface area contributed by atoms with Crippen LogP contribution in [0.1, 0.15) is 23.0 Å². The fraction of sp³-hybridized carbons (Fsp3) is 0.143. The van der Waals surface area contributed by atoms with Crippen LogP contribution in [0.5, 0.6) is 5.75 Å². The maximum atomic E-state index is 13.8. The smallest absolute Gasteiger partial charge is 0.434 e. The van der Waals surface area contributed by atoms with E-state index in [2.05, 4.69) is 4.98 Å². The first-order chi connectivity index (χ1) is 14.1. The van der Waals surface area contributed by atoms with Crippen LogP contribution in [0, 0.1) is 0 Å². The van der Waals surface area contributed by atoms with Gasteiger partial charge < -0.3 is 9.84 Å². The molecule has 0 fully saturated rings. The predicted molar refractivity (Wildman–Crippen MR) is 108 cm³/mol. The molecule has 0 amide bonds. The molecule has 0 spiro atoms. The molecule has 0 bridgehead atoms. The Hall–Kier alpha value is -2.77. The minimum atomic E-state index is -5.01. The third kappa shape index (κ3) is 4.37. The first-order valence-electron chi connectivity index (χ1n) is 8.66. The van der Waals surface area contributed by atoms with Crippen molar-refractivity contribution in [3.05, 3.63) is 69.8 Å². The first-order valence-corrected chi connectivity index (χ1v) is 9.42. The summed E-state index contributed by atoms with van der Waals surface area (Å²) in [5.74, 6) is -2.21. The number of halogens is 5. The summed E-state index contributed by atoms with van der Waals surface area (Å²) < 4.78 is 46.0. The standard InChI is InChI=1S/C21H14Cl2F3NO3/c1-2-30-20(29)16-18(28)15(11-3-7-13(22)8-4-11)17(27-19(16)21(24,25)26)12-5-9-14(23)10-6-12/h3-10H,2H2,1H3,(H,27,28). The van der Waals surface area contributed by atoms with Gasteiger partial charge in [-0.1, -0.05) is 47.5 Å². The first kappa shape index (κ1) is 21.9. The zero-order valence-corrected chi connectivity index (χ0v) is 16.9. The normalized spacial score (nSPS) is 11.4. The van der Waals surface area contributed by atoms with E-state index in [-0.39, 0.29) is 23.4 Å². The Morgan fingerprint density at radius 3 is 1.97 bits per heavy atom. The van der Waals surface area contributed by atoms with Gasteiger partial charge in [-0.25, -0.2) is 9.78 Å². The van der Waals surface area contributed by atoms with Crippen molar-refractivity contribution in [1.82, 2.24) is 4.98 Å². The van der Waals surface area contributed by atoms with Crippen LogP contribution in [0.3, 0.4) is 0 Å². The molecule has 1 N–H and O–H groups in total. The van der Waals surface area contributed by atoms with E-state index in [0.717, 1.165) is 0 Å². The number of nitrogens with zero attached hydrogens (tertiary/aromatic N) is 1. The molecule has 0 aliphatic heterocycles. The lowest BCUT2D eigenvalue weighted by Gasteiger charge is -2.19. The molecule has 0 saturated carbocycles. The number of hydrogen-bond acceptors (Lipinski definition) is 4. The van der Waals surface area contributed by atoms with Gasteiger partial charge in [0.1, 0.15) is 11.3 Å². The summed E-state index contributed by atoms with van der Waals surface area (Å²) in [4.78, 5) is 16.0. The Kier molecular flexibility index (Phi) is 6.24. The molecule has 0 aliphatic carbocycles. The fourth-order valence-electron chi connectivity index (χ4n) is 2.88. The van der Waals surface area contributed by atoms with E-state index in [1.54, 1.807) is 0 Å². The van der Waals surface area contributed by atoms with Crippen molar-refractivity contribution >= 4 is 29.2 Å². The quantitative estimate of drug-likeness (QED) is 0.448. The molecule has 1 heterocycles. The van der Waals surface area contributed by atoms with Crippen LogP contribution in [-0.4, -0.2) is 22.7 Å². The molecule has 30 heavy (non-hydrogen) atoms. The Bertz CT molecular complexity index is 1080. The molecule has 0 radical (unpaired) electrons. The zero-order valence-electron chi connectivity index (χ0n) is 15.4. The van der Waals surface area contributed by atoms with Gasteiger partial charge in [0, 0.05) is 15.6 Å². The summed E-state index contributed by atoms with van der Waals surface area (Å²) in [6, 6.07) is 11.9. The van der Waals surface area contributed by atoms with Crippen molar-refractivity contribution in [3.63, 3.8) is 0 Å². The molecule has 2 aromatic carbocycles. The molecule has 0 saturated heterocycles. The molecular formula is C21H14Cl2F3NO3. The molecule has 3 aromatic rings. The molecule has 156 valence electrons. The van der Waals surface area contributed by atoms with Crippen LogP contribution in [0.15, 0.2) is 48.5 Å². The number of pyridine rings is 1. The van der Waals surface area contributed by atoms with Crippen molar-refractivity contribution in [1.29, 1.82) is 0 Å². The van der Waals surface area contributed by atoms with Crippen molar-refractivity contribution in [2.45, 2.75) is 13.1 Å². The summed E-state index contributed by atoms with van der Waals surface area (Å²) in [6.07, 6.45) is -5.01. The average molecular weight is 456 g/mol. The van der Waals surface area contributed by atoms with Gasteiger partial charge in [0.2, 0.25) is 0 Å². The highest BCUT2D eigenvalue weighted by Gasteiger charge is 2.41. The third-order valence-electron chi connectivity index (χ3n) is 4.17. The number of rotatable bonds is 4. The van der Waals surface area contributed by atoms with Crippen LogP contribution in [0.25, 0.3) is 22.4 Å². The van der Waals surface area contributed by atoms with Crippen molar-refractivity contribution in [3.8, 4) is 28.1 Å². The highest BCUT2D eigenvalue weighted by Crippen LogP contribution is 2.45. The van der Waals surface area contributed by atoms with Crippen LogP contribution in [0.4, 0.5) is 13.2 Å². The maximum absolute atomic E-state index is 13.8. The second-order valence-electron chi connectivity index (χ2n) is 6.14. The lowest BCUT2D eigenvalue weighted by molar-refractivity contribution is -0.141. The lowest BCUT2D eigenvalue weighted by Crippen LogP contribution is -2.19. The molecular weight excluding hydrogens is 442 g/mol. The van der Waals surface area contributed by atoms with E-state index < -0.39 is 29.2 Å². The topological polar surface area (TPSA) is 59.4 Å². The van der Waals surface area contributed by atoms with E-state index in [1.165, 1.54) is 55.5 Å². The van der Waals surface area contributed by atoms with Gasteiger partial charge >= 0.3 is 12.1 Å². The number of aromatic nitrogens is 1. The summed E-state index contributed by atoms with van der Waals surface area (Å²) in [7, 11) is 0. The van der Waals surface area contributed by atoms with Crippen LogP contribution in [-0.2, 0) is 10.9 Å². The van der Waals surface area contributed by atoms with Gasteiger partial charge in [-0.05, 0) is 36.8 Å². The van der Waals surface area contributed by atoms with Gasteiger partial charge in [-0.2, -0.15) is 13.2 Å². The highest BCUT2D eigenvalue weighted by atomic mass is 35.5. The molecule has 0 aliphatic rings. The minimum absolute atomic E-state index is 0.0648. The van der Waals surface area contributed by atoms with E-state index in [0.29, 0.717) is 15.6 Å². The zero-order chi connectivity index (χ0) is 22.1. The van der Waals surface area contributed by atoms with Crippen molar-refractivity contribution in [2.75, 3.05) is 6.61 Å². The monoisotopic (exact) mass is 455 g/mol. The van der Waals surface area contributed by atoms with E-state index in [9.17, 15) is 23.1 Å². The third-order valence-corrected chi connectivity index (χ3v) is 4.67. The number of carbonyl (C=O) groups is 1. The summed E-state index contributed by atoms with van der Waals surface area (Å²) in [5.41, 5.74) is -2.25. The number of aromatic hydroxyl groups is 1. The Labute approximate surface area is 179 Å². The summed E-state index contributed by atoms with van der Waals surface area (Å²) >= 11 is 11.8. The summed E-state index contributed by atoms with van der Waals surface area (Å²) in [6.45, 7) is 1.27. The molecule has 0 atom stereocenters. The van der Waals surface area contributed by atoms with E-state index in [1.807, 2.05) is 0 Å². The van der Waals surface area contributed by atoms with Gasteiger partial charge in [0.05, 0.1) is 17.9 Å². The lowest BCUT2D eigenvalue weighted by atomic mass is 9.95. The van der Waals surface area contributed by atoms with Crippen LogP contribution < -0.4 is 0 Å². The Morgan fingerprint density at radius 2 is 1.50 bits per heavy atom. The minimum Gasteiger partial charge on any atom is -0.506 e. The molecule has 4 nitrogen and oxygen atoms in total. The van der Waals surface area contributed by atoms with Crippen molar-refractivity contribution < 1.29 is 27.8 Å². The SMILES string of the molecule is CCOC(=O)c1c(C(F)(F)F)nc(-c2ccc(Cl)cc2)c(-c2ccc(Cl)cc2)c1O. The number of carbonyl (C=O) groups excluding carboxylic acids is 1. The average Bonchev–Trinajstić information content (AvgIpc) is 2.68. The van der Waals surface area contributed by atoms with E-state index in [4.69, 9.17) is 27.9 Å². The number of hydrogen-bond donors (Lipinski definition) is 1. The number of ether oxygens (including phenoxy) is 1. The fourth-order valence-corrected chi connectivity index (χ4v) is 3.13. The van der Waals surface area contributed by atoms with E-state index >= 15 is 0 Å². The van der Waals surface area contributed by atoms with Crippen LogP contribution >= 0.6 is 23.2 Å². The largest absolute Gasteiger partial charge is 0.506 e. The second-order valence-corrected chi connectivity index (χ2v) is 7.01. The van der Waals surface area contributed by atoms with Crippen LogP contribution in [0.2, 0.25) is 10.0 Å². The van der Waals surface area contributed by atoms with Gasteiger partial charge in [0.25, 0.3) is 0 Å². The molecule has 0 unspecified atom stereocenters. The number of esters is 1. The number of benzene rings is 2. The Morgan fingerprint density at radius 1 is 1.00 bits per heavy atom. The maximum Gasteiger partial charge on any atom is 0.434 e. The molecule has 3 rings (SSSR count). The number of alkyl halides is 3. The van der Waals surface area contributed by atoms with Gasteiger partial charge in [-0.3, -0.25) is 0 Å². The van der Waals surface area contributed by atoms with Gasteiger partial charge in [-0.15, -0.1) is 0 Å². The highest BCUT2D eigenvalue weighted by molar-refractivity contribution is 6.31. The molecule has 9 heteroatoms. The summed E-state index contributed by atoms with van der Waals surface area (Å²) in [5, 5.41) is 11.6. The predicted octanol–water partition coefficient (Wildman–Crippen LogP) is 6.62. The molecule has 1 aromatic heterocycles.